The summed E-state index contributed by atoms with van der Waals surface area (Å²) in [5.74, 6) is 0.124. The van der Waals surface area contributed by atoms with Gasteiger partial charge in [0.2, 0.25) is 5.91 Å². The van der Waals surface area contributed by atoms with Crippen LogP contribution in [0.25, 0.3) is 0 Å². The van der Waals surface area contributed by atoms with Crippen LogP contribution in [-0.4, -0.2) is 32.2 Å². The lowest BCUT2D eigenvalue weighted by molar-refractivity contribution is -0.133. The minimum absolute atomic E-state index is 0.0591. The van der Waals surface area contributed by atoms with Gasteiger partial charge in [0.1, 0.15) is 0 Å². The molecule has 0 aliphatic carbocycles. The predicted molar refractivity (Wildman–Crippen MR) is 65.1 cm³/mol. The van der Waals surface area contributed by atoms with Crippen molar-refractivity contribution in [1.29, 1.82) is 0 Å². The highest BCUT2D eigenvalue weighted by atomic mass is 16.2. The first kappa shape index (κ1) is 12.1. The van der Waals surface area contributed by atoms with Gasteiger partial charge >= 0.3 is 0 Å². The molecule has 1 saturated heterocycles. The van der Waals surface area contributed by atoms with Crippen molar-refractivity contribution >= 4 is 5.91 Å². The van der Waals surface area contributed by atoms with Gasteiger partial charge in [-0.1, -0.05) is 0 Å². The Morgan fingerprint density at radius 3 is 2.59 bits per heavy atom. The molecule has 1 aliphatic heterocycles. The molecule has 1 aromatic rings. The first-order chi connectivity index (χ1) is 7.80. The summed E-state index contributed by atoms with van der Waals surface area (Å²) in [5, 5.41) is 4.16. The third-order valence-electron chi connectivity index (χ3n) is 3.15. The number of carbonyl (C=O) groups is 1. The van der Waals surface area contributed by atoms with Gasteiger partial charge in [-0.15, -0.1) is 0 Å². The van der Waals surface area contributed by atoms with Crippen LogP contribution >= 0.6 is 0 Å². The lowest BCUT2D eigenvalue weighted by atomic mass is 9.99. The van der Waals surface area contributed by atoms with Crippen LogP contribution in [0.15, 0.2) is 12.4 Å². The second-order valence-electron chi connectivity index (χ2n) is 5.69. The van der Waals surface area contributed by atoms with E-state index in [0.717, 1.165) is 5.56 Å². The van der Waals surface area contributed by atoms with Crippen molar-refractivity contribution in [3.63, 3.8) is 0 Å². The quantitative estimate of drug-likeness (QED) is 0.785. The van der Waals surface area contributed by atoms with Crippen LogP contribution in [0.2, 0.25) is 0 Å². The predicted octanol–water partition coefficient (Wildman–Crippen LogP) is 0.819. The zero-order valence-corrected chi connectivity index (χ0v) is 10.8. The molecular weight excluding hydrogens is 216 g/mol. The Labute approximate surface area is 102 Å². The number of rotatable bonds is 1. The Morgan fingerprint density at radius 2 is 2.12 bits per heavy atom. The Hall–Kier alpha value is -1.36. The number of aryl methyl sites for hydroxylation is 1. The lowest BCUT2D eigenvalue weighted by Gasteiger charge is -2.37. The van der Waals surface area contributed by atoms with Gasteiger partial charge in [-0.3, -0.25) is 9.48 Å². The molecule has 17 heavy (non-hydrogen) atoms. The van der Waals surface area contributed by atoms with Crippen molar-refractivity contribution in [2.24, 2.45) is 12.8 Å². The van der Waals surface area contributed by atoms with E-state index in [1.54, 1.807) is 10.9 Å². The largest absolute Gasteiger partial charge is 0.329 e. The fourth-order valence-electron chi connectivity index (χ4n) is 2.54. The Kier molecular flexibility index (Phi) is 2.73. The third kappa shape index (κ3) is 2.07. The topological polar surface area (TPSA) is 64.2 Å². The molecular formula is C12H20N4O. The van der Waals surface area contributed by atoms with Crippen molar-refractivity contribution < 1.29 is 4.79 Å². The highest BCUT2D eigenvalue weighted by molar-refractivity contribution is 5.81. The molecule has 1 aliphatic rings. The summed E-state index contributed by atoms with van der Waals surface area (Å²) >= 11 is 0. The SMILES string of the molecule is Cn1cc(C2C(N)CC(=O)N2C(C)(C)C)cn1. The number of amides is 1. The van der Waals surface area contributed by atoms with Gasteiger partial charge in [0.25, 0.3) is 0 Å². The Morgan fingerprint density at radius 1 is 1.47 bits per heavy atom. The van der Waals surface area contributed by atoms with Crippen LogP contribution in [0.1, 0.15) is 38.8 Å². The number of nitrogens with two attached hydrogens (primary N) is 1. The van der Waals surface area contributed by atoms with Crippen LogP contribution in [0.4, 0.5) is 0 Å². The number of nitrogens with zero attached hydrogens (tertiary/aromatic N) is 3. The molecule has 0 saturated carbocycles. The van der Waals surface area contributed by atoms with Crippen molar-refractivity contribution in [2.75, 3.05) is 0 Å². The van der Waals surface area contributed by atoms with Crippen LogP contribution in [-0.2, 0) is 11.8 Å². The fourth-order valence-corrected chi connectivity index (χ4v) is 2.54. The monoisotopic (exact) mass is 236 g/mol. The first-order valence-corrected chi connectivity index (χ1v) is 5.87. The van der Waals surface area contributed by atoms with E-state index in [1.165, 1.54) is 0 Å². The molecule has 94 valence electrons. The van der Waals surface area contributed by atoms with Crippen molar-refractivity contribution in [3.05, 3.63) is 18.0 Å². The first-order valence-electron chi connectivity index (χ1n) is 5.87. The zero-order valence-electron chi connectivity index (χ0n) is 10.8. The number of aromatic nitrogens is 2. The number of carbonyl (C=O) groups excluding carboxylic acids is 1. The maximum absolute atomic E-state index is 12.0. The van der Waals surface area contributed by atoms with E-state index >= 15 is 0 Å². The second-order valence-corrected chi connectivity index (χ2v) is 5.69. The minimum Gasteiger partial charge on any atom is -0.329 e. The molecule has 5 heteroatoms. The molecule has 0 radical (unpaired) electrons. The van der Waals surface area contributed by atoms with Crippen molar-refractivity contribution in [3.8, 4) is 0 Å². The molecule has 1 amide bonds. The molecule has 2 rings (SSSR count). The van der Waals surface area contributed by atoms with Crippen LogP contribution in [0.3, 0.4) is 0 Å². The van der Waals surface area contributed by atoms with Gasteiger partial charge in [-0.05, 0) is 20.8 Å². The summed E-state index contributed by atoms with van der Waals surface area (Å²) in [7, 11) is 1.87. The summed E-state index contributed by atoms with van der Waals surface area (Å²) in [5.41, 5.74) is 6.90. The van der Waals surface area contributed by atoms with E-state index < -0.39 is 0 Å². The molecule has 2 heterocycles. The molecule has 5 nitrogen and oxygen atoms in total. The van der Waals surface area contributed by atoms with E-state index in [2.05, 4.69) is 5.10 Å². The molecule has 2 atom stereocenters. The van der Waals surface area contributed by atoms with E-state index in [4.69, 9.17) is 5.73 Å². The van der Waals surface area contributed by atoms with Gasteiger partial charge in [-0.2, -0.15) is 5.10 Å². The average Bonchev–Trinajstić information content (AvgIpc) is 2.68. The van der Waals surface area contributed by atoms with Crippen LogP contribution in [0.5, 0.6) is 0 Å². The lowest BCUT2D eigenvalue weighted by Crippen LogP contribution is -2.45. The molecule has 0 bridgehead atoms. The molecule has 0 spiro atoms. The van der Waals surface area contributed by atoms with E-state index in [9.17, 15) is 4.79 Å². The third-order valence-corrected chi connectivity index (χ3v) is 3.15. The van der Waals surface area contributed by atoms with Gasteiger partial charge < -0.3 is 10.6 Å². The normalized spacial score (nSPS) is 25.7. The molecule has 1 aromatic heterocycles. The van der Waals surface area contributed by atoms with Crippen LogP contribution < -0.4 is 5.73 Å². The maximum Gasteiger partial charge on any atom is 0.225 e. The minimum atomic E-state index is -0.217. The zero-order chi connectivity index (χ0) is 12.8. The highest BCUT2D eigenvalue weighted by Gasteiger charge is 2.44. The van der Waals surface area contributed by atoms with Crippen molar-refractivity contribution in [2.45, 2.75) is 44.8 Å². The fraction of sp³-hybridized carbons (Fsp3) is 0.667. The summed E-state index contributed by atoms with van der Waals surface area (Å²) in [6, 6.07) is -0.206. The summed E-state index contributed by atoms with van der Waals surface area (Å²) in [6.07, 6.45) is 4.14. The van der Waals surface area contributed by atoms with Gasteiger partial charge in [-0.25, -0.2) is 0 Å². The van der Waals surface area contributed by atoms with E-state index in [1.807, 2.05) is 38.9 Å². The summed E-state index contributed by atoms with van der Waals surface area (Å²) in [4.78, 5) is 13.9. The Bertz CT molecular complexity index is 432. The Balaban J connectivity index is 2.39. The van der Waals surface area contributed by atoms with Gasteiger partial charge in [0.05, 0.1) is 12.2 Å². The van der Waals surface area contributed by atoms with Crippen molar-refractivity contribution in [1.82, 2.24) is 14.7 Å². The average molecular weight is 236 g/mol. The summed E-state index contributed by atoms with van der Waals surface area (Å²) < 4.78 is 1.74. The summed E-state index contributed by atoms with van der Waals surface area (Å²) in [6.45, 7) is 6.10. The van der Waals surface area contributed by atoms with Gasteiger partial charge in [0.15, 0.2) is 0 Å². The van der Waals surface area contributed by atoms with E-state index in [0.29, 0.717) is 6.42 Å². The highest BCUT2D eigenvalue weighted by Crippen LogP contribution is 2.37. The number of hydrogen-bond acceptors (Lipinski definition) is 3. The molecule has 2 N–H and O–H groups in total. The maximum atomic E-state index is 12.0. The number of likely N-dealkylation sites (tertiary alicyclic amines) is 1. The van der Waals surface area contributed by atoms with E-state index in [-0.39, 0.29) is 23.5 Å². The molecule has 2 unspecified atom stereocenters. The molecule has 1 fully saturated rings. The second kappa shape index (κ2) is 3.84. The smallest absolute Gasteiger partial charge is 0.225 e. The molecule has 0 aromatic carbocycles. The van der Waals surface area contributed by atoms with Crippen LogP contribution in [0, 0.1) is 0 Å². The van der Waals surface area contributed by atoms with Gasteiger partial charge in [0, 0.05) is 36.8 Å². The standard InChI is InChI=1S/C12H20N4O/c1-12(2,3)16-10(17)5-9(13)11(16)8-6-14-15(4)7-8/h6-7,9,11H,5,13H2,1-4H3. The number of hydrogen-bond donors (Lipinski definition) is 1.